The minimum atomic E-state index is -0.752. The number of hydrogen-bond acceptors (Lipinski definition) is 7. The second-order valence-corrected chi connectivity index (χ2v) is 7.41. The molecular weight excluding hydrogens is 442 g/mol. The Morgan fingerprint density at radius 1 is 0.853 bits per heavy atom. The highest BCUT2D eigenvalue weighted by molar-refractivity contribution is 5.78. The molecule has 5 aromatic rings. The molecule has 0 saturated carbocycles. The Bertz CT molecular complexity index is 1420. The van der Waals surface area contributed by atoms with Crippen molar-refractivity contribution in [1.82, 2.24) is 25.4 Å². The molecular formula is C24H18F2N6O2. The number of nitrogens with zero attached hydrogens (tertiary/aromatic N) is 4. The van der Waals surface area contributed by atoms with Crippen molar-refractivity contribution < 1.29 is 18.3 Å². The Morgan fingerprint density at radius 2 is 1.65 bits per heavy atom. The quantitative estimate of drug-likeness (QED) is 0.369. The summed E-state index contributed by atoms with van der Waals surface area (Å²) < 4.78 is 40.8. The number of nitrogen functional groups attached to an aromatic ring is 1. The van der Waals surface area contributed by atoms with E-state index in [0.29, 0.717) is 29.1 Å². The number of rotatable bonds is 7. The lowest BCUT2D eigenvalue weighted by Gasteiger charge is -2.11. The highest BCUT2D eigenvalue weighted by Gasteiger charge is 2.16. The summed E-state index contributed by atoms with van der Waals surface area (Å²) in [6.07, 6.45) is 1.51. The van der Waals surface area contributed by atoms with Crippen molar-refractivity contribution in [3.63, 3.8) is 0 Å². The van der Waals surface area contributed by atoms with E-state index in [1.807, 2.05) is 30.3 Å². The van der Waals surface area contributed by atoms with Crippen LogP contribution in [-0.2, 0) is 13.2 Å². The number of anilines is 1. The van der Waals surface area contributed by atoms with Crippen molar-refractivity contribution in [2.24, 2.45) is 0 Å². The lowest BCUT2D eigenvalue weighted by Crippen LogP contribution is -2.04. The molecule has 3 aromatic heterocycles. The zero-order chi connectivity index (χ0) is 23.5. The topological polar surface area (TPSA) is 112 Å². The van der Waals surface area contributed by atoms with Crippen molar-refractivity contribution >= 4 is 17.0 Å². The number of halogens is 2. The average Bonchev–Trinajstić information content (AvgIpc) is 3.31. The van der Waals surface area contributed by atoms with Gasteiger partial charge >= 0.3 is 0 Å². The largest absolute Gasteiger partial charge is 0.486 e. The van der Waals surface area contributed by atoms with Gasteiger partial charge in [-0.2, -0.15) is 10.3 Å². The van der Waals surface area contributed by atoms with Gasteiger partial charge in [-0.3, -0.25) is 0 Å². The minimum Gasteiger partial charge on any atom is -0.486 e. The number of benzene rings is 2. The van der Waals surface area contributed by atoms with Gasteiger partial charge in [0.15, 0.2) is 11.3 Å². The summed E-state index contributed by atoms with van der Waals surface area (Å²) in [5, 5.41) is 10.2. The van der Waals surface area contributed by atoms with Gasteiger partial charge in [-0.25, -0.2) is 18.7 Å². The summed E-state index contributed by atoms with van der Waals surface area (Å²) in [7, 11) is 0. The van der Waals surface area contributed by atoms with E-state index in [1.165, 1.54) is 24.4 Å². The highest BCUT2D eigenvalue weighted by atomic mass is 19.1. The molecule has 0 aliphatic carbocycles. The normalized spacial score (nSPS) is 11.0. The van der Waals surface area contributed by atoms with Crippen LogP contribution in [0.2, 0.25) is 0 Å². The van der Waals surface area contributed by atoms with Crippen LogP contribution >= 0.6 is 0 Å². The molecule has 2 aromatic carbocycles. The predicted molar refractivity (Wildman–Crippen MR) is 121 cm³/mol. The van der Waals surface area contributed by atoms with Crippen LogP contribution in [0.5, 0.6) is 11.6 Å². The maximum Gasteiger partial charge on any atom is 0.213 e. The first kappa shape index (κ1) is 21.3. The van der Waals surface area contributed by atoms with Crippen LogP contribution in [-0.4, -0.2) is 25.4 Å². The van der Waals surface area contributed by atoms with Crippen LogP contribution in [0, 0.1) is 11.6 Å². The lowest BCUT2D eigenvalue weighted by molar-refractivity contribution is 0.294. The number of fused-ring (bicyclic) bond motifs is 1. The summed E-state index contributed by atoms with van der Waals surface area (Å²) >= 11 is 0. The molecule has 0 aliphatic heterocycles. The summed E-state index contributed by atoms with van der Waals surface area (Å²) in [6.45, 7) is 0.00276. The molecule has 0 amide bonds. The number of ether oxygens (including phenoxy) is 2. The van der Waals surface area contributed by atoms with Gasteiger partial charge in [-0.1, -0.05) is 30.3 Å². The Kier molecular flexibility index (Phi) is 5.69. The van der Waals surface area contributed by atoms with Gasteiger partial charge in [0.05, 0.1) is 5.56 Å². The van der Waals surface area contributed by atoms with E-state index in [9.17, 15) is 8.78 Å². The molecule has 0 aliphatic rings. The third kappa shape index (κ3) is 4.46. The lowest BCUT2D eigenvalue weighted by atomic mass is 10.0. The Labute approximate surface area is 192 Å². The van der Waals surface area contributed by atoms with Gasteiger partial charge in [0, 0.05) is 23.9 Å². The third-order valence-corrected chi connectivity index (χ3v) is 5.09. The van der Waals surface area contributed by atoms with E-state index in [-0.39, 0.29) is 29.4 Å². The Hall–Kier alpha value is -4.60. The molecule has 0 radical (unpaired) electrons. The fourth-order valence-electron chi connectivity index (χ4n) is 3.36. The van der Waals surface area contributed by atoms with Gasteiger partial charge in [-0.05, 0) is 29.3 Å². The van der Waals surface area contributed by atoms with E-state index in [2.05, 4.69) is 25.4 Å². The summed E-state index contributed by atoms with van der Waals surface area (Å²) in [5.74, 6) is -0.726. The molecule has 170 valence electrons. The van der Waals surface area contributed by atoms with Gasteiger partial charge in [0.25, 0.3) is 0 Å². The minimum absolute atomic E-state index is 0.149. The fraction of sp³-hybridized carbons (Fsp3) is 0.0833. The monoisotopic (exact) mass is 460 g/mol. The molecule has 0 saturated heterocycles. The molecule has 0 spiro atoms. The molecule has 3 N–H and O–H groups in total. The molecule has 8 nitrogen and oxygen atoms in total. The van der Waals surface area contributed by atoms with Crippen LogP contribution < -0.4 is 15.2 Å². The standard InChI is InChI=1S/C24H18F2N6O2/c25-18-8-16(15-6-7-22(28-11-15)34-12-14-4-2-1-3-5-14)9-19(26)17(18)13-33-20-10-21(27)29-24-23(20)30-32-31-24/h1-11H,12-13H2,(H3,27,29,30,31,32). The first-order chi connectivity index (χ1) is 16.6. The first-order valence-electron chi connectivity index (χ1n) is 10.3. The number of H-pyrrole nitrogens is 1. The van der Waals surface area contributed by atoms with E-state index in [0.717, 1.165) is 5.56 Å². The van der Waals surface area contributed by atoms with Gasteiger partial charge in [0.1, 0.15) is 30.7 Å². The van der Waals surface area contributed by atoms with E-state index >= 15 is 0 Å². The molecule has 34 heavy (non-hydrogen) atoms. The van der Waals surface area contributed by atoms with E-state index < -0.39 is 11.6 Å². The highest BCUT2D eigenvalue weighted by Crippen LogP contribution is 2.28. The SMILES string of the molecule is Nc1cc(OCc2c(F)cc(-c3ccc(OCc4ccccc4)nc3)cc2F)c2n[nH]nc2n1. The van der Waals surface area contributed by atoms with Crippen molar-refractivity contribution in [1.29, 1.82) is 0 Å². The number of pyridine rings is 2. The van der Waals surface area contributed by atoms with Crippen molar-refractivity contribution in [3.8, 4) is 22.8 Å². The number of aromatic nitrogens is 5. The molecule has 0 bridgehead atoms. The Morgan fingerprint density at radius 3 is 2.38 bits per heavy atom. The molecule has 5 rings (SSSR count). The number of hydrogen-bond donors (Lipinski definition) is 2. The van der Waals surface area contributed by atoms with Crippen molar-refractivity contribution in [2.45, 2.75) is 13.2 Å². The maximum absolute atomic E-state index is 14.8. The maximum atomic E-state index is 14.8. The van der Waals surface area contributed by atoms with E-state index in [1.54, 1.807) is 12.1 Å². The summed E-state index contributed by atoms with van der Waals surface area (Å²) in [4.78, 5) is 8.23. The van der Waals surface area contributed by atoms with Crippen LogP contribution in [0.25, 0.3) is 22.3 Å². The van der Waals surface area contributed by atoms with Crippen LogP contribution in [0.3, 0.4) is 0 Å². The van der Waals surface area contributed by atoms with Crippen molar-refractivity contribution in [3.05, 3.63) is 89.6 Å². The van der Waals surface area contributed by atoms with Crippen LogP contribution in [0.1, 0.15) is 11.1 Å². The summed E-state index contributed by atoms with van der Waals surface area (Å²) in [5.41, 5.74) is 7.94. The molecule has 10 heteroatoms. The first-order valence-corrected chi connectivity index (χ1v) is 10.3. The smallest absolute Gasteiger partial charge is 0.213 e. The number of nitrogens with two attached hydrogens (primary N) is 1. The average molecular weight is 460 g/mol. The zero-order valence-corrected chi connectivity index (χ0v) is 17.7. The van der Waals surface area contributed by atoms with Crippen LogP contribution in [0.4, 0.5) is 14.6 Å². The zero-order valence-electron chi connectivity index (χ0n) is 17.7. The molecule has 0 atom stereocenters. The molecule has 0 fully saturated rings. The Balaban J connectivity index is 1.30. The number of aromatic amines is 1. The van der Waals surface area contributed by atoms with Gasteiger partial charge < -0.3 is 15.2 Å². The summed E-state index contributed by atoms with van der Waals surface area (Å²) in [6, 6.07) is 16.9. The van der Waals surface area contributed by atoms with Crippen LogP contribution in [0.15, 0.2) is 66.9 Å². The van der Waals surface area contributed by atoms with Crippen molar-refractivity contribution in [2.75, 3.05) is 5.73 Å². The third-order valence-electron chi connectivity index (χ3n) is 5.09. The molecule has 3 heterocycles. The predicted octanol–water partition coefficient (Wildman–Crippen LogP) is 4.43. The molecule has 0 unspecified atom stereocenters. The van der Waals surface area contributed by atoms with Gasteiger partial charge in [0.2, 0.25) is 11.5 Å². The number of nitrogens with one attached hydrogen (secondary N) is 1. The second-order valence-electron chi connectivity index (χ2n) is 7.41. The fourth-order valence-corrected chi connectivity index (χ4v) is 3.36. The van der Waals surface area contributed by atoms with Gasteiger partial charge in [-0.15, -0.1) is 5.10 Å². The van der Waals surface area contributed by atoms with E-state index in [4.69, 9.17) is 15.2 Å². The second kappa shape index (κ2) is 9.10.